The van der Waals surface area contributed by atoms with E-state index in [9.17, 15) is 10.2 Å². The molecule has 7 aliphatic heterocycles. The van der Waals surface area contributed by atoms with E-state index in [2.05, 4.69) is 108 Å². The number of rotatable bonds is 6. The second-order valence-electron chi connectivity index (χ2n) is 17.2. The first kappa shape index (κ1) is 30.0. The SMILES string of the molecule is C=CC[N@@+]12CC[C@@]34c5ccccc5N5/C=C6\C7N(/C=C(/C(C[C@@H]31)/C(=C\CO)C2)C54)c1ccccc1[C@@]71CC[N@@+]2(CC=C)C/C(=C/CO)[C@@H]6C[C@@H]12. The molecule has 10 atom stereocenters. The van der Waals surface area contributed by atoms with Crippen LogP contribution in [0.4, 0.5) is 11.4 Å². The molecule has 2 saturated carbocycles. The Morgan fingerprint density at radius 1 is 0.680 bits per heavy atom. The highest BCUT2D eigenvalue weighted by Gasteiger charge is 2.75. The monoisotopic (exact) mass is 666 g/mol. The molecule has 2 aliphatic carbocycles. The van der Waals surface area contributed by atoms with Crippen LogP contribution in [0.3, 0.4) is 0 Å². The second-order valence-corrected chi connectivity index (χ2v) is 17.2. The number of aliphatic hydroxyl groups excluding tert-OH is 2. The van der Waals surface area contributed by atoms with E-state index >= 15 is 0 Å². The molecule has 4 saturated heterocycles. The lowest BCUT2D eigenvalue weighted by Gasteiger charge is -2.59. The van der Waals surface area contributed by atoms with E-state index in [0.29, 0.717) is 23.9 Å². The zero-order valence-corrected chi connectivity index (χ0v) is 29.1. The van der Waals surface area contributed by atoms with Gasteiger partial charge in [0.05, 0.1) is 62.3 Å². The predicted octanol–water partition coefficient (Wildman–Crippen LogP) is 5.48. The number of quaternary nitrogens is 2. The van der Waals surface area contributed by atoms with Gasteiger partial charge in [-0.3, -0.25) is 0 Å². The Kier molecular flexibility index (Phi) is 6.00. The van der Waals surface area contributed by atoms with Gasteiger partial charge in [-0.15, -0.1) is 0 Å². The standard InChI is InChI=1S/C44H50N4O2/c1-3-17-47-19-15-43-35-9-5-7-11-37(35)45-26-34-32-24-40-44(16-20-48(40,18-4-2)28-30(32)14-22-50)36-10-6-8-12-38(36)46(42(34)44)25-33(41(43)45)31(23-39(43)47)29(27-47)13-21-49/h3-14,25-26,31-32,39-42,49-50H,1-2,15-24,27-28H2/q+2/b29-13-,30-14-,33-25-,34-26-/t31-,32?,39-,40-,41?,42?,43+,44+,47-,48-/m0/s1. The molecule has 0 radical (unpaired) electrons. The summed E-state index contributed by atoms with van der Waals surface area (Å²) in [5, 5.41) is 20.9. The molecule has 6 nitrogen and oxygen atoms in total. The maximum atomic E-state index is 10.5. The summed E-state index contributed by atoms with van der Waals surface area (Å²) in [6, 6.07) is 20.3. The third-order valence-corrected chi connectivity index (χ3v) is 15.9. The first-order valence-electron chi connectivity index (χ1n) is 19.2. The lowest BCUT2D eigenvalue weighted by atomic mass is 9.56. The fraction of sp³-hybridized carbons (Fsp3) is 0.455. The molecule has 2 aromatic carbocycles. The van der Waals surface area contributed by atoms with Gasteiger partial charge in [0.25, 0.3) is 0 Å². The van der Waals surface area contributed by atoms with Crippen LogP contribution in [0.1, 0.15) is 36.8 Å². The van der Waals surface area contributed by atoms with Crippen LogP contribution in [0.5, 0.6) is 0 Å². The molecule has 2 aromatic rings. The molecule has 256 valence electrons. The molecule has 7 heterocycles. The molecule has 11 rings (SSSR count). The average Bonchev–Trinajstić information content (AvgIpc) is 3.81. The molecule has 50 heavy (non-hydrogen) atoms. The Labute approximate surface area is 296 Å². The van der Waals surface area contributed by atoms with Gasteiger partial charge < -0.3 is 29.0 Å². The number of aliphatic hydroxyl groups is 2. The number of piperidine rings is 2. The highest BCUT2D eigenvalue weighted by atomic mass is 16.3. The van der Waals surface area contributed by atoms with E-state index in [1.54, 1.807) is 11.1 Å². The molecule has 9 aliphatic rings. The van der Waals surface area contributed by atoms with Crippen molar-refractivity contribution in [3.8, 4) is 0 Å². The predicted molar refractivity (Wildman–Crippen MR) is 198 cm³/mol. The molecule has 6 heteroatoms. The number of anilines is 2. The van der Waals surface area contributed by atoms with Gasteiger partial charge in [-0.1, -0.05) is 61.7 Å². The molecule has 0 aromatic heterocycles. The maximum Gasteiger partial charge on any atom is 0.103 e. The average molecular weight is 667 g/mol. The van der Waals surface area contributed by atoms with Crippen molar-refractivity contribution in [1.29, 1.82) is 0 Å². The third-order valence-electron chi connectivity index (χ3n) is 15.9. The number of para-hydroxylation sites is 2. The van der Waals surface area contributed by atoms with E-state index < -0.39 is 0 Å². The van der Waals surface area contributed by atoms with E-state index in [1.807, 2.05) is 0 Å². The van der Waals surface area contributed by atoms with Gasteiger partial charge in [0.2, 0.25) is 0 Å². The van der Waals surface area contributed by atoms with Crippen molar-refractivity contribution in [2.24, 2.45) is 11.8 Å². The van der Waals surface area contributed by atoms with Gasteiger partial charge in [0.15, 0.2) is 0 Å². The van der Waals surface area contributed by atoms with Crippen molar-refractivity contribution in [3.63, 3.8) is 0 Å². The van der Waals surface area contributed by atoms with Crippen molar-refractivity contribution >= 4 is 11.4 Å². The lowest BCUT2D eigenvalue weighted by molar-refractivity contribution is -0.937. The van der Waals surface area contributed by atoms with Gasteiger partial charge in [-0.2, -0.15) is 0 Å². The second kappa shape index (κ2) is 10.0. The summed E-state index contributed by atoms with van der Waals surface area (Å²) >= 11 is 0. The van der Waals surface area contributed by atoms with Gasteiger partial charge in [0, 0.05) is 61.3 Å². The first-order chi connectivity index (χ1) is 24.5. The Hall–Kier alpha value is -3.68. The van der Waals surface area contributed by atoms with Crippen molar-refractivity contribution in [2.75, 3.05) is 62.3 Å². The van der Waals surface area contributed by atoms with Crippen LogP contribution in [0.15, 0.2) is 121 Å². The highest BCUT2D eigenvalue weighted by molar-refractivity contribution is 5.77. The first-order valence-corrected chi connectivity index (χ1v) is 19.2. The van der Waals surface area contributed by atoms with Gasteiger partial charge in [-0.05, 0) is 57.7 Å². The molecular formula is C44H50N4O2+2. The lowest BCUT2D eigenvalue weighted by Crippen LogP contribution is -2.69. The third kappa shape index (κ3) is 3.24. The summed E-state index contributed by atoms with van der Waals surface area (Å²) in [5.41, 5.74) is 11.8. The number of benzene rings is 2. The molecular weight excluding hydrogens is 617 g/mol. The minimum absolute atomic E-state index is 0.0183. The van der Waals surface area contributed by atoms with Crippen molar-refractivity contribution in [2.45, 2.75) is 60.7 Å². The minimum atomic E-state index is 0.0183. The topological polar surface area (TPSA) is 46.9 Å². The fourth-order valence-electron chi connectivity index (χ4n) is 14.6. The number of nitrogens with zero attached hydrogens (tertiary/aromatic N) is 4. The Morgan fingerprint density at radius 3 is 1.54 bits per heavy atom. The molecule has 3 unspecified atom stereocenters. The summed E-state index contributed by atoms with van der Waals surface area (Å²) in [6.45, 7) is 15.0. The van der Waals surface area contributed by atoms with E-state index in [4.69, 9.17) is 0 Å². The zero-order chi connectivity index (χ0) is 33.6. The smallest absolute Gasteiger partial charge is 0.103 e. The quantitative estimate of drug-likeness (QED) is 0.317. The highest BCUT2D eigenvalue weighted by Crippen LogP contribution is 2.69. The molecule has 2 spiro atoms. The summed E-state index contributed by atoms with van der Waals surface area (Å²) < 4.78 is 2.12. The van der Waals surface area contributed by atoms with Crippen LogP contribution >= 0.6 is 0 Å². The minimum Gasteiger partial charge on any atom is -0.392 e. The molecule has 6 fully saturated rings. The van der Waals surface area contributed by atoms with Crippen LogP contribution in [0.25, 0.3) is 0 Å². The Balaban J connectivity index is 1.22. The fourth-order valence-corrected chi connectivity index (χ4v) is 14.6. The zero-order valence-electron chi connectivity index (χ0n) is 29.1. The Bertz CT molecular complexity index is 1850. The van der Waals surface area contributed by atoms with Crippen LogP contribution in [0, 0.1) is 11.8 Å². The van der Waals surface area contributed by atoms with E-state index in [0.717, 1.165) is 73.9 Å². The van der Waals surface area contributed by atoms with Crippen LogP contribution in [-0.4, -0.2) is 95.8 Å². The van der Waals surface area contributed by atoms with Crippen molar-refractivity contribution in [3.05, 3.63) is 132 Å². The van der Waals surface area contributed by atoms with Gasteiger partial charge in [-0.25, -0.2) is 0 Å². The van der Waals surface area contributed by atoms with Crippen LogP contribution in [-0.2, 0) is 10.8 Å². The van der Waals surface area contributed by atoms with Crippen molar-refractivity contribution < 1.29 is 19.2 Å². The van der Waals surface area contributed by atoms with E-state index in [-0.39, 0.29) is 36.1 Å². The molecule has 2 N–H and O–H groups in total. The largest absolute Gasteiger partial charge is 0.392 e. The summed E-state index contributed by atoms with van der Waals surface area (Å²) in [5.74, 6) is 0.615. The van der Waals surface area contributed by atoms with Gasteiger partial charge in [0.1, 0.15) is 25.2 Å². The van der Waals surface area contributed by atoms with E-state index in [1.165, 1.54) is 33.6 Å². The maximum absolute atomic E-state index is 10.5. The number of hydrogen-bond donors (Lipinski definition) is 2. The number of hydrogen-bond acceptors (Lipinski definition) is 4. The summed E-state index contributed by atoms with van der Waals surface area (Å²) in [4.78, 5) is 5.54. The normalized spacial score (nSPS) is 45.5. The van der Waals surface area contributed by atoms with Crippen LogP contribution < -0.4 is 9.80 Å². The van der Waals surface area contributed by atoms with Crippen LogP contribution in [0.2, 0.25) is 0 Å². The molecule has 4 bridgehead atoms. The summed E-state index contributed by atoms with van der Waals surface area (Å²) in [6.07, 6.45) is 18.6. The van der Waals surface area contributed by atoms with Gasteiger partial charge >= 0.3 is 0 Å². The molecule has 0 amide bonds. The Morgan fingerprint density at radius 2 is 1.12 bits per heavy atom. The number of fused-ring (bicyclic) bond motifs is 8. The summed E-state index contributed by atoms with van der Waals surface area (Å²) in [7, 11) is 0. The van der Waals surface area contributed by atoms with Crippen molar-refractivity contribution in [1.82, 2.24) is 0 Å².